The first kappa shape index (κ1) is 12.3. The smallest absolute Gasteiger partial charge is 0.228 e. The second kappa shape index (κ2) is 5.46. The minimum absolute atomic E-state index is 0.0856. The number of rotatable bonds is 3. The third kappa shape index (κ3) is 2.80. The quantitative estimate of drug-likeness (QED) is 0.895. The predicted molar refractivity (Wildman–Crippen MR) is 75.0 cm³/mol. The van der Waals surface area contributed by atoms with E-state index in [4.69, 9.17) is 0 Å². The molecule has 1 atom stereocenters. The normalized spacial score (nSPS) is 18.4. The van der Waals surface area contributed by atoms with Gasteiger partial charge in [-0.15, -0.1) is 5.10 Å². The molecular formula is C13H14N4OS. The third-order valence-corrected chi connectivity index (χ3v) is 3.74. The van der Waals surface area contributed by atoms with Crippen LogP contribution in [-0.2, 0) is 4.79 Å². The molecule has 1 aromatic heterocycles. The lowest BCUT2D eigenvalue weighted by atomic mass is 10.1. The van der Waals surface area contributed by atoms with Crippen molar-refractivity contribution in [1.29, 1.82) is 0 Å². The van der Waals surface area contributed by atoms with Crippen LogP contribution in [0.1, 0.15) is 6.42 Å². The minimum Gasteiger partial charge on any atom is -0.326 e. The van der Waals surface area contributed by atoms with E-state index in [0.717, 1.165) is 36.5 Å². The van der Waals surface area contributed by atoms with Gasteiger partial charge < -0.3 is 10.6 Å². The highest BCUT2D eigenvalue weighted by molar-refractivity contribution is 7.03. The van der Waals surface area contributed by atoms with Gasteiger partial charge in [0.15, 0.2) is 0 Å². The number of aromatic nitrogens is 2. The Balaban J connectivity index is 1.67. The molecule has 6 heteroatoms. The van der Waals surface area contributed by atoms with Crippen LogP contribution in [0.25, 0.3) is 11.3 Å². The van der Waals surface area contributed by atoms with E-state index >= 15 is 0 Å². The molecule has 2 heterocycles. The molecule has 1 fully saturated rings. The van der Waals surface area contributed by atoms with Gasteiger partial charge in [0.05, 0.1) is 5.92 Å². The summed E-state index contributed by atoms with van der Waals surface area (Å²) >= 11 is 1.33. The highest BCUT2D eigenvalue weighted by Crippen LogP contribution is 2.20. The summed E-state index contributed by atoms with van der Waals surface area (Å²) in [7, 11) is 0. The van der Waals surface area contributed by atoms with E-state index in [2.05, 4.69) is 20.2 Å². The van der Waals surface area contributed by atoms with E-state index in [1.807, 2.05) is 29.6 Å². The molecule has 1 amide bonds. The zero-order chi connectivity index (χ0) is 13.1. The van der Waals surface area contributed by atoms with E-state index in [1.165, 1.54) is 11.5 Å². The number of amides is 1. The van der Waals surface area contributed by atoms with Crippen LogP contribution >= 0.6 is 11.5 Å². The van der Waals surface area contributed by atoms with Gasteiger partial charge in [0.1, 0.15) is 5.69 Å². The standard InChI is InChI=1S/C13H14N4OS/c18-13(10-5-6-14-7-10)15-11-3-1-9(2-4-11)12-8-19-17-16-12/h1-4,8,10,14H,5-7H2,(H,15,18). The fourth-order valence-corrected chi connectivity index (χ4v) is 2.60. The van der Waals surface area contributed by atoms with Gasteiger partial charge in [0.25, 0.3) is 0 Å². The van der Waals surface area contributed by atoms with Crippen molar-refractivity contribution in [2.75, 3.05) is 18.4 Å². The predicted octanol–water partition coefficient (Wildman–Crippen LogP) is 1.75. The van der Waals surface area contributed by atoms with Crippen LogP contribution in [0.15, 0.2) is 29.6 Å². The maximum Gasteiger partial charge on any atom is 0.228 e. The number of benzene rings is 1. The van der Waals surface area contributed by atoms with E-state index in [0.29, 0.717) is 0 Å². The van der Waals surface area contributed by atoms with Gasteiger partial charge in [-0.05, 0) is 36.6 Å². The molecular weight excluding hydrogens is 260 g/mol. The molecule has 0 bridgehead atoms. The first-order valence-corrected chi connectivity index (χ1v) is 7.05. The molecule has 0 radical (unpaired) electrons. The Hall–Kier alpha value is -1.79. The first-order chi connectivity index (χ1) is 9.33. The molecule has 2 N–H and O–H groups in total. The van der Waals surface area contributed by atoms with Gasteiger partial charge in [-0.1, -0.05) is 16.6 Å². The summed E-state index contributed by atoms with van der Waals surface area (Å²) < 4.78 is 3.84. The Morgan fingerprint density at radius 1 is 1.37 bits per heavy atom. The largest absolute Gasteiger partial charge is 0.326 e. The molecule has 1 saturated heterocycles. The van der Waals surface area contributed by atoms with Crippen molar-refractivity contribution in [2.24, 2.45) is 5.92 Å². The molecule has 98 valence electrons. The van der Waals surface area contributed by atoms with Crippen LogP contribution in [0.2, 0.25) is 0 Å². The van der Waals surface area contributed by atoms with E-state index in [-0.39, 0.29) is 11.8 Å². The van der Waals surface area contributed by atoms with Gasteiger partial charge in [-0.3, -0.25) is 4.79 Å². The maximum absolute atomic E-state index is 12.0. The Morgan fingerprint density at radius 3 is 2.84 bits per heavy atom. The highest BCUT2D eigenvalue weighted by atomic mass is 32.1. The lowest BCUT2D eigenvalue weighted by molar-refractivity contribution is -0.119. The molecule has 19 heavy (non-hydrogen) atoms. The third-order valence-electron chi connectivity index (χ3n) is 3.24. The van der Waals surface area contributed by atoms with Crippen molar-refractivity contribution < 1.29 is 4.79 Å². The van der Waals surface area contributed by atoms with Crippen LogP contribution in [-0.4, -0.2) is 28.6 Å². The summed E-state index contributed by atoms with van der Waals surface area (Å²) in [5, 5.41) is 12.0. The maximum atomic E-state index is 12.0. The highest BCUT2D eigenvalue weighted by Gasteiger charge is 2.22. The molecule has 0 aliphatic carbocycles. The lowest BCUT2D eigenvalue weighted by Crippen LogP contribution is -2.24. The van der Waals surface area contributed by atoms with Crippen molar-refractivity contribution in [3.8, 4) is 11.3 Å². The molecule has 3 rings (SSSR count). The number of anilines is 1. The second-order valence-corrected chi connectivity index (χ2v) is 5.16. The zero-order valence-corrected chi connectivity index (χ0v) is 11.1. The minimum atomic E-state index is 0.0856. The molecule has 1 aliphatic rings. The zero-order valence-electron chi connectivity index (χ0n) is 10.3. The monoisotopic (exact) mass is 274 g/mol. The van der Waals surface area contributed by atoms with Gasteiger partial charge in [0, 0.05) is 23.2 Å². The van der Waals surface area contributed by atoms with Crippen molar-refractivity contribution >= 4 is 23.1 Å². The number of carbonyl (C=O) groups is 1. The molecule has 1 aliphatic heterocycles. The van der Waals surface area contributed by atoms with Crippen molar-refractivity contribution in [3.63, 3.8) is 0 Å². The number of carbonyl (C=O) groups excluding carboxylic acids is 1. The van der Waals surface area contributed by atoms with Crippen LogP contribution < -0.4 is 10.6 Å². The summed E-state index contributed by atoms with van der Waals surface area (Å²) in [6.45, 7) is 1.70. The van der Waals surface area contributed by atoms with Crippen molar-refractivity contribution in [2.45, 2.75) is 6.42 Å². The lowest BCUT2D eigenvalue weighted by Gasteiger charge is -2.10. The number of nitrogens with one attached hydrogen (secondary N) is 2. The topological polar surface area (TPSA) is 66.9 Å². The van der Waals surface area contributed by atoms with Crippen LogP contribution in [0, 0.1) is 5.92 Å². The summed E-state index contributed by atoms with van der Waals surface area (Å²) in [5.41, 5.74) is 2.70. The molecule has 1 aromatic carbocycles. The average molecular weight is 274 g/mol. The summed E-state index contributed by atoms with van der Waals surface area (Å²) in [6, 6.07) is 7.68. The summed E-state index contributed by atoms with van der Waals surface area (Å²) in [5.74, 6) is 0.176. The van der Waals surface area contributed by atoms with Gasteiger partial charge in [0.2, 0.25) is 5.91 Å². The van der Waals surface area contributed by atoms with Gasteiger partial charge in [-0.25, -0.2) is 0 Å². The fraction of sp³-hybridized carbons (Fsp3) is 0.308. The average Bonchev–Trinajstić information content (AvgIpc) is 3.13. The van der Waals surface area contributed by atoms with E-state index < -0.39 is 0 Å². The Morgan fingerprint density at radius 2 is 2.21 bits per heavy atom. The fourth-order valence-electron chi connectivity index (χ4n) is 2.14. The van der Waals surface area contributed by atoms with Crippen LogP contribution in [0.4, 0.5) is 5.69 Å². The van der Waals surface area contributed by atoms with Crippen molar-refractivity contribution in [1.82, 2.24) is 14.9 Å². The summed E-state index contributed by atoms with van der Waals surface area (Å²) in [4.78, 5) is 12.0. The SMILES string of the molecule is O=C(Nc1ccc(-c2csnn2)cc1)C1CCNC1. The van der Waals surface area contributed by atoms with Gasteiger partial charge >= 0.3 is 0 Å². The molecule has 5 nitrogen and oxygen atoms in total. The number of hydrogen-bond donors (Lipinski definition) is 2. The second-order valence-electron chi connectivity index (χ2n) is 4.55. The molecule has 1 unspecified atom stereocenters. The van der Waals surface area contributed by atoms with Gasteiger partial charge in [-0.2, -0.15) is 0 Å². The van der Waals surface area contributed by atoms with Crippen LogP contribution in [0.5, 0.6) is 0 Å². The Kier molecular flexibility index (Phi) is 3.52. The molecule has 2 aromatic rings. The summed E-state index contributed by atoms with van der Waals surface area (Å²) in [6.07, 6.45) is 0.911. The first-order valence-electron chi connectivity index (χ1n) is 6.22. The molecule has 0 saturated carbocycles. The Bertz CT molecular complexity index is 547. The molecule has 0 spiro atoms. The number of hydrogen-bond acceptors (Lipinski definition) is 5. The number of nitrogens with zero attached hydrogens (tertiary/aromatic N) is 2. The van der Waals surface area contributed by atoms with E-state index in [9.17, 15) is 4.79 Å². The Labute approximate surface area is 115 Å². The van der Waals surface area contributed by atoms with Crippen LogP contribution in [0.3, 0.4) is 0 Å². The van der Waals surface area contributed by atoms with Crippen molar-refractivity contribution in [3.05, 3.63) is 29.6 Å². The van der Waals surface area contributed by atoms with E-state index in [1.54, 1.807) is 0 Å².